The fraction of sp³-hybridized carbons (Fsp3) is 0.0870. The van der Waals surface area contributed by atoms with Crippen molar-refractivity contribution in [2.75, 3.05) is 11.1 Å². The Morgan fingerprint density at radius 1 is 1.09 bits per heavy atom. The minimum Gasteiger partial charge on any atom is -0.368 e. The molecule has 0 aliphatic carbocycles. The molecule has 10 heteroatoms. The molecule has 0 unspecified atom stereocenters. The van der Waals surface area contributed by atoms with Crippen molar-refractivity contribution in [3.05, 3.63) is 88.3 Å². The third-order valence-electron chi connectivity index (χ3n) is 5.24. The first-order valence-corrected chi connectivity index (χ1v) is 10.6. The van der Waals surface area contributed by atoms with Crippen LogP contribution in [0.2, 0.25) is 5.02 Å². The highest BCUT2D eigenvalue weighted by Gasteiger charge is 2.21. The fourth-order valence-corrected chi connectivity index (χ4v) is 3.96. The predicted molar refractivity (Wildman–Crippen MR) is 128 cm³/mol. The number of aromatic nitrogens is 6. The molecule has 0 amide bonds. The average molecular weight is 459 g/mol. The van der Waals surface area contributed by atoms with Gasteiger partial charge in [0.25, 0.3) is 5.56 Å². The molecule has 164 valence electrons. The smallest absolute Gasteiger partial charge is 0.267 e. The molecule has 0 saturated heterocycles. The zero-order valence-electron chi connectivity index (χ0n) is 17.5. The van der Waals surface area contributed by atoms with E-state index in [-0.39, 0.29) is 11.5 Å². The van der Waals surface area contributed by atoms with Crippen molar-refractivity contribution in [2.45, 2.75) is 13.0 Å². The van der Waals surface area contributed by atoms with E-state index in [0.717, 1.165) is 5.56 Å². The largest absolute Gasteiger partial charge is 0.368 e. The first kappa shape index (κ1) is 20.7. The second-order valence-electron chi connectivity index (χ2n) is 7.42. The van der Waals surface area contributed by atoms with Gasteiger partial charge in [0.15, 0.2) is 0 Å². The van der Waals surface area contributed by atoms with E-state index < -0.39 is 6.04 Å². The Morgan fingerprint density at radius 3 is 2.67 bits per heavy atom. The first-order chi connectivity index (χ1) is 16.0. The molecule has 5 rings (SSSR count). The topological polar surface area (TPSA) is 127 Å². The highest BCUT2D eigenvalue weighted by atomic mass is 35.5. The van der Waals surface area contributed by atoms with E-state index in [2.05, 4.69) is 25.5 Å². The Kier molecular flexibility index (Phi) is 5.23. The Hall–Kier alpha value is -4.24. The van der Waals surface area contributed by atoms with Crippen LogP contribution in [0.4, 0.5) is 11.8 Å². The van der Waals surface area contributed by atoms with Gasteiger partial charge in [0.1, 0.15) is 11.6 Å². The van der Waals surface area contributed by atoms with E-state index in [1.165, 1.54) is 0 Å². The van der Waals surface area contributed by atoms with Crippen molar-refractivity contribution >= 4 is 34.3 Å². The van der Waals surface area contributed by atoms with Crippen LogP contribution in [0.3, 0.4) is 0 Å². The lowest BCUT2D eigenvalue weighted by atomic mass is 10.1. The van der Waals surface area contributed by atoms with Gasteiger partial charge in [0, 0.05) is 23.5 Å². The zero-order chi connectivity index (χ0) is 22.9. The van der Waals surface area contributed by atoms with Crippen molar-refractivity contribution in [3.63, 3.8) is 0 Å². The fourth-order valence-electron chi connectivity index (χ4n) is 3.71. The molecule has 2 aromatic carbocycles. The number of nitrogen functional groups attached to an aromatic ring is 1. The van der Waals surface area contributed by atoms with Crippen LogP contribution in [0.1, 0.15) is 18.8 Å². The number of benzene rings is 2. The highest BCUT2D eigenvalue weighted by molar-refractivity contribution is 6.35. The number of aromatic amines is 1. The Balaban J connectivity index is 1.68. The van der Waals surface area contributed by atoms with Crippen LogP contribution in [0.15, 0.2) is 71.9 Å². The molecule has 3 aromatic heterocycles. The van der Waals surface area contributed by atoms with Gasteiger partial charge in [-0.25, -0.2) is 9.97 Å². The van der Waals surface area contributed by atoms with Gasteiger partial charge in [-0.3, -0.25) is 14.5 Å². The molecule has 0 radical (unpaired) electrons. The van der Waals surface area contributed by atoms with Crippen molar-refractivity contribution < 1.29 is 0 Å². The predicted octanol–water partition coefficient (Wildman–Crippen LogP) is 3.97. The Bertz CT molecular complexity index is 1500. The molecular formula is C23H19ClN8O. The van der Waals surface area contributed by atoms with Gasteiger partial charge in [0.2, 0.25) is 5.95 Å². The molecule has 9 nitrogen and oxygen atoms in total. The number of halogens is 1. The van der Waals surface area contributed by atoms with Gasteiger partial charge < -0.3 is 11.1 Å². The van der Waals surface area contributed by atoms with Crippen molar-refractivity contribution in [1.29, 1.82) is 0 Å². The summed E-state index contributed by atoms with van der Waals surface area (Å²) in [5.41, 5.74) is 8.31. The number of nitrogens with one attached hydrogen (secondary N) is 2. The second kappa shape index (κ2) is 8.36. The van der Waals surface area contributed by atoms with Gasteiger partial charge in [-0.15, -0.1) is 0 Å². The molecule has 0 spiro atoms. The van der Waals surface area contributed by atoms with E-state index in [1.807, 2.05) is 37.3 Å². The summed E-state index contributed by atoms with van der Waals surface area (Å²) in [6.45, 7) is 1.90. The van der Waals surface area contributed by atoms with E-state index in [4.69, 9.17) is 22.3 Å². The third kappa shape index (κ3) is 3.79. The van der Waals surface area contributed by atoms with Crippen LogP contribution >= 0.6 is 11.6 Å². The molecule has 0 fully saturated rings. The maximum atomic E-state index is 13.6. The van der Waals surface area contributed by atoms with E-state index in [9.17, 15) is 4.79 Å². The van der Waals surface area contributed by atoms with Crippen molar-refractivity contribution in [1.82, 2.24) is 29.7 Å². The number of hydrogen-bond acceptors (Lipinski definition) is 7. The van der Waals surface area contributed by atoms with Gasteiger partial charge in [-0.1, -0.05) is 35.9 Å². The molecule has 3 heterocycles. The Morgan fingerprint density at radius 2 is 1.91 bits per heavy atom. The number of nitrogens with two attached hydrogens (primary N) is 1. The van der Waals surface area contributed by atoms with Gasteiger partial charge in [0.05, 0.1) is 33.9 Å². The van der Waals surface area contributed by atoms with Gasteiger partial charge >= 0.3 is 0 Å². The summed E-state index contributed by atoms with van der Waals surface area (Å²) in [5, 5.41) is 10.8. The van der Waals surface area contributed by atoms with E-state index in [1.54, 1.807) is 41.4 Å². The number of fused-ring (bicyclic) bond motifs is 1. The molecule has 0 aliphatic heterocycles. The number of rotatable bonds is 5. The third-order valence-corrected chi connectivity index (χ3v) is 5.56. The van der Waals surface area contributed by atoms with Gasteiger partial charge in [-0.05, 0) is 31.2 Å². The number of para-hydroxylation sites is 1. The molecule has 0 aliphatic rings. The molecule has 5 aromatic rings. The maximum absolute atomic E-state index is 13.6. The number of nitrogens with zero attached hydrogens (tertiary/aromatic N) is 5. The van der Waals surface area contributed by atoms with Crippen LogP contribution in [-0.4, -0.2) is 29.7 Å². The standard InChI is InChI=1S/C23H19ClN8O/c1-13(29-20-16(12-26-23(25)31-20)14-10-27-28-11-14)21-30-18-9-5-8-17(24)19(18)22(33)32(21)15-6-3-2-4-7-15/h2-13H,1H3,(H,27,28)(H3,25,26,29,31)/t13-/m0/s1. The average Bonchev–Trinajstić information content (AvgIpc) is 3.34. The molecule has 4 N–H and O–H groups in total. The van der Waals surface area contributed by atoms with Crippen LogP contribution in [0, 0.1) is 0 Å². The lowest BCUT2D eigenvalue weighted by Gasteiger charge is -2.21. The minimum absolute atomic E-state index is 0.121. The summed E-state index contributed by atoms with van der Waals surface area (Å²) < 4.78 is 1.56. The summed E-state index contributed by atoms with van der Waals surface area (Å²) >= 11 is 6.37. The number of H-pyrrole nitrogens is 1. The minimum atomic E-state index is -0.429. The van der Waals surface area contributed by atoms with Crippen molar-refractivity contribution in [2.24, 2.45) is 0 Å². The monoisotopic (exact) mass is 458 g/mol. The Labute approximate surface area is 193 Å². The quantitative estimate of drug-likeness (QED) is 0.363. The summed E-state index contributed by atoms with van der Waals surface area (Å²) in [4.78, 5) is 26.9. The number of anilines is 2. The maximum Gasteiger partial charge on any atom is 0.267 e. The lowest BCUT2D eigenvalue weighted by Crippen LogP contribution is -2.27. The SMILES string of the molecule is C[C@H](Nc1nc(N)ncc1-c1cn[nH]c1)c1nc2cccc(Cl)c2c(=O)n1-c1ccccc1. The second-order valence-corrected chi connectivity index (χ2v) is 7.83. The van der Waals surface area contributed by atoms with Gasteiger partial charge in [-0.2, -0.15) is 10.1 Å². The molecule has 0 saturated carbocycles. The molecule has 0 bridgehead atoms. The van der Waals surface area contributed by atoms with E-state index >= 15 is 0 Å². The molecule has 33 heavy (non-hydrogen) atoms. The van der Waals surface area contributed by atoms with Crippen LogP contribution in [-0.2, 0) is 0 Å². The number of hydrogen-bond donors (Lipinski definition) is 3. The zero-order valence-corrected chi connectivity index (χ0v) is 18.3. The molecular weight excluding hydrogens is 440 g/mol. The van der Waals surface area contributed by atoms with Crippen LogP contribution in [0.5, 0.6) is 0 Å². The summed E-state index contributed by atoms with van der Waals surface area (Å²) in [5.74, 6) is 1.11. The normalized spacial score (nSPS) is 12.1. The van der Waals surface area contributed by atoms with E-state index in [0.29, 0.717) is 38.8 Å². The summed E-state index contributed by atoms with van der Waals surface area (Å²) in [6.07, 6.45) is 5.03. The van der Waals surface area contributed by atoms with Crippen LogP contribution < -0.4 is 16.6 Å². The highest BCUT2D eigenvalue weighted by Crippen LogP contribution is 2.29. The summed E-state index contributed by atoms with van der Waals surface area (Å²) in [6, 6.07) is 14.1. The van der Waals surface area contributed by atoms with Crippen molar-refractivity contribution in [3.8, 4) is 16.8 Å². The van der Waals surface area contributed by atoms with Crippen LogP contribution in [0.25, 0.3) is 27.7 Å². The summed E-state index contributed by atoms with van der Waals surface area (Å²) in [7, 11) is 0. The first-order valence-electron chi connectivity index (χ1n) is 10.2. The molecule has 1 atom stereocenters. The lowest BCUT2D eigenvalue weighted by molar-refractivity contribution is 0.731.